The first-order valence-electron chi connectivity index (χ1n) is 9.17. The lowest BCUT2D eigenvalue weighted by Crippen LogP contribution is -2.30. The lowest BCUT2D eigenvalue weighted by atomic mass is 10.0. The van der Waals surface area contributed by atoms with E-state index in [1.54, 1.807) is 0 Å². The second-order valence-electron chi connectivity index (χ2n) is 6.80. The van der Waals surface area contributed by atoms with Gasteiger partial charge < -0.3 is 10.1 Å². The van der Waals surface area contributed by atoms with E-state index in [2.05, 4.69) is 15.3 Å². The molecule has 29 heavy (non-hydrogen) atoms. The van der Waals surface area contributed by atoms with E-state index in [0.29, 0.717) is 10.6 Å². The molecule has 4 rings (SSSR count). The fourth-order valence-electron chi connectivity index (χ4n) is 3.44. The zero-order valence-corrected chi connectivity index (χ0v) is 17.0. The largest absolute Gasteiger partial charge is 0.449 e. The molecule has 0 saturated carbocycles. The highest BCUT2D eigenvalue weighted by molar-refractivity contribution is 6.36. The van der Waals surface area contributed by atoms with Gasteiger partial charge in [-0.3, -0.25) is 9.78 Å². The number of benzene rings is 1. The Hall–Kier alpha value is -2.70. The highest BCUT2D eigenvalue weighted by Crippen LogP contribution is 2.31. The molecular weight excluding hydrogens is 413 g/mol. The SMILES string of the molecule is CC(OC(=O)c1c2c(nc3ccccc13)CCC2)C(=O)Nc1ncc(Cl)cc1Cl. The molecule has 0 radical (unpaired) electrons. The molecule has 1 N–H and O–H groups in total. The number of hydrogen-bond acceptors (Lipinski definition) is 5. The molecule has 0 saturated heterocycles. The monoisotopic (exact) mass is 429 g/mol. The number of fused-ring (bicyclic) bond motifs is 2. The average Bonchev–Trinajstić information content (AvgIpc) is 3.15. The maximum atomic E-state index is 13.0. The van der Waals surface area contributed by atoms with Crippen molar-refractivity contribution in [2.24, 2.45) is 0 Å². The van der Waals surface area contributed by atoms with E-state index in [4.69, 9.17) is 27.9 Å². The highest BCUT2D eigenvalue weighted by Gasteiger charge is 2.27. The summed E-state index contributed by atoms with van der Waals surface area (Å²) < 4.78 is 5.49. The normalized spacial score (nSPS) is 13.8. The number of nitrogens with zero attached hydrogens (tertiary/aromatic N) is 2. The van der Waals surface area contributed by atoms with Crippen LogP contribution in [0.1, 0.15) is 35.0 Å². The molecular formula is C21H17Cl2N3O3. The second-order valence-corrected chi connectivity index (χ2v) is 7.65. The van der Waals surface area contributed by atoms with Crippen LogP contribution in [0.3, 0.4) is 0 Å². The van der Waals surface area contributed by atoms with Gasteiger partial charge in [0.05, 0.1) is 21.1 Å². The molecule has 0 aliphatic heterocycles. The molecule has 1 amide bonds. The zero-order valence-electron chi connectivity index (χ0n) is 15.5. The summed E-state index contributed by atoms with van der Waals surface area (Å²) in [4.78, 5) is 34.1. The Kier molecular flexibility index (Phi) is 5.39. The van der Waals surface area contributed by atoms with Gasteiger partial charge in [0.1, 0.15) is 0 Å². The predicted molar refractivity (Wildman–Crippen MR) is 112 cm³/mol. The van der Waals surface area contributed by atoms with Gasteiger partial charge in [-0.25, -0.2) is 9.78 Å². The van der Waals surface area contributed by atoms with Crippen molar-refractivity contribution in [3.63, 3.8) is 0 Å². The molecule has 8 heteroatoms. The summed E-state index contributed by atoms with van der Waals surface area (Å²) in [6, 6.07) is 8.92. The molecule has 1 aliphatic rings. The van der Waals surface area contributed by atoms with Crippen molar-refractivity contribution in [3.8, 4) is 0 Å². The van der Waals surface area contributed by atoms with Crippen molar-refractivity contribution in [1.29, 1.82) is 0 Å². The molecule has 148 valence electrons. The zero-order chi connectivity index (χ0) is 20.5. The van der Waals surface area contributed by atoms with Gasteiger partial charge in [0.15, 0.2) is 11.9 Å². The minimum Gasteiger partial charge on any atom is -0.449 e. The lowest BCUT2D eigenvalue weighted by molar-refractivity contribution is -0.123. The van der Waals surface area contributed by atoms with Crippen LogP contribution in [0, 0.1) is 0 Å². The van der Waals surface area contributed by atoms with Crippen molar-refractivity contribution in [2.75, 3.05) is 5.32 Å². The average molecular weight is 430 g/mol. The minimum absolute atomic E-state index is 0.152. The fourth-order valence-corrected chi connectivity index (χ4v) is 3.87. The number of hydrogen-bond donors (Lipinski definition) is 1. The summed E-state index contributed by atoms with van der Waals surface area (Å²) in [6.07, 6.45) is 2.86. The van der Waals surface area contributed by atoms with Gasteiger partial charge in [0.2, 0.25) is 0 Å². The molecule has 1 aliphatic carbocycles. The van der Waals surface area contributed by atoms with E-state index in [0.717, 1.165) is 41.4 Å². The van der Waals surface area contributed by atoms with Gasteiger partial charge in [-0.15, -0.1) is 0 Å². The van der Waals surface area contributed by atoms with Crippen molar-refractivity contribution >= 4 is 51.8 Å². The Morgan fingerprint density at radius 3 is 2.79 bits per heavy atom. The van der Waals surface area contributed by atoms with Crippen LogP contribution < -0.4 is 5.32 Å². The number of aromatic nitrogens is 2. The van der Waals surface area contributed by atoms with E-state index in [-0.39, 0.29) is 10.8 Å². The molecule has 2 heterocycles. The molecule has 1 atom stereocenters. The van der Waals surface area contributed by atoms with Crippen molar-refractivity contribution in [3.05, 3.63) is 63.4 Å². The Labute approximate surface area is 177 Å². The Morgan fingerprint density at radius 1 is 1.21 bits per heavy atom. The molecule has 1 unspecified atom stereocenters. The first-order valence-corrected chi connectivity index (χ1v) is 9.93. The lowest BCUT2D eigenvalue weighted by Gasteiger charge is -2.16. The third-order valence-electron chi connectivity index (χ3n) is 4.83. The molecule has 2 aromatic heterocycles. The van der Waals surface area contributed by atoms with Gasteiger partial charge in [-0.2, -0.15) is 0 Å². The number of nitrogens with one attached hydrogen (secondary N) is 1. The van der Waals surface area contributed by atoms with E-state index >= 15 is 0 Å². The first-order chi connectivity index (χ1) is 13.9. The van der Waals surface area contributed by atoms with Crippen LogP contribution >= 0.6 is 23.2 Å². The summed E-state index contributed by atoms with van der Waals surface area (Å²) in [7, 11) is 0. The summed E-state index contributed by atoms with van der Waals surface area (Å²) >= 11 is 11.8. The van der Waals surface area contributed by atoms with Gasteiger partial charge in [0, 0.05) is 17.3 Å². The van der Waals surface area contributed by atoms with Gasteiger partial charge in [-0.1, -0.05) is 41.4 Å². The quantitative estimate of drug-likeness (QED) is 0.612. The van der Waals surface area contributed by atoms with Crippen molar-refractivity contribution in [1.82, 2.24) is 9.97 Å². The number of anilines is 1. The third kappa shape index (κ3) is 3.91. The molecule has 0 fully saturated rings. The number of carbonyl (C=O) groups is 2. The number of rotatable bonds is 4. The molecule has 1 aromatic carbocycles. The number of esters is 1. The van der Waals surface area contributed by atoms with E-state index in [1.807, 2.05) is 24.3 Å². The first kappa shape index (κ1) is 19.6. The Morgan fingerprint density at radius 2 is 2.00 bits per heavy atom. The van der Waals surface area contributed by atoms with Gasteiger partial charge in [0.25, 0.3) is 5.91 Å². The molecule has 6 nitrogen and oxygen atoms in total. The third-order valence-corrected chi connectivity index (χ3v) is 5.32. The van der Waals surface area contributed by atoms with Crippen molar-refractivity contribution < 1.29 is 14.3 Å². The second kappa shape index (κ2) is 7.97. The minimum atomic E-state index is -1.04. The topological polar surface area (TPSA) is 81.2 Å². The summed E-state index contributed by atoms with van der Waals surface area (Å²) in [5.41, 5.74) is 3.06. The summed E-state index contributed by atoms with van der Waals surface area (Å²) in [5, 5.41) is 3.83. The number of para-hydroxylation sites is 1. The maximum Gasteiger partial charge on any atom is 0.339 e. The fraction of sp³-hybridized carbons (Fsp3) is 0.238. The van der Waals surface area contributed by atoms with Crippen LogP contribution in [0.5, 0.6) is 0 Å². The Balaban J connectivity index is 1.57. The van der Waals surface area contributed by atoms with Crippen LogP contribution in [0.2, 0.25) is 10.0 Å². The van der Waals surface area contributed by atoms with Crippen LogP contribution in [-0.2, 0) is 22.4 Å². The van der Waals surface area contributed by atoms with Crippen LogP contribution in [0.15, 0.2) is 36.5 Å². The van der Waals surface area contributed by atoms with Crippen LogP contribution in [0.4, 0.5) is 5.82 Å². The molecule has 3 aromatic rings. The van der Waals surface area contributed by atoms with Crippen LogP contribution in [0.25, 0.3) is 10.9 Å². The number of aryl methyl sites for hydroxylation is 1. The smallest absolute Gasteiger partial charge is 0.339 e. The van der Waals surface area contributed by atoms with Gasteiger partial charge in [-0.05, 0) is 43.9 Å². The number of ether oxygens (including phenoxy) is 1. The summed E-state index contributed by atoms with van der Waals surface area (Å²) in [6.45, 7) is 1.50. The number of amides is 1. The predicted octanol–water partition coefficient (Wildman–Crippen LogP) is 4.61. The van der Waals surface area contributed by atoms with E-state index < -0.39 is 18.0 Å². The Bertz CT molecular complexity index is 1130. The summed E-state index contributed by atoms with van der Waals surface area (Å²) in [5.74, 6) is -0.927. The number of pyridine rings is 2. The van der Waals surface area contributed by atoms with Crippen LogP contribution in [-0.4, -0.2) is 27.9 Å². The standard InChI is InChI=1S/C21H17Cl2N3O3/c1-11(20(27)26-19-15(23)9-12(22)10-24-19)29-21(28)18-13-5-2-3-7-16(13)25-17-8-4-6-14(17)18/h2-3,5,7,9-11H,4,6,8H2,1H3,(H,24,26,27). The number of halogens is 2. The molecule has 0 spiro atoms. The maximum absolute atomic E-state index is 13.0. The molecule has 0 bridgehead atoms. The van der Waals surface area contributed by atoms with Crippen molar-refractivity contribution in [2.45, 2.75) is 32.3 Å². The highest BCUT2D eigenvalue weighted by atomic mass is 35.5. The van der Waals surface area contributed by atoms with Gasteiger partial charge >= 0.3 is 5.97 Å². The van der Waals surface area contributed by atoms with E-state index in [1.165, 1.54) is 19.2 Å². The number of carbonyl (C=O) groups excluding carboxylic acids is 2. The van der Waals surface area contributed by atoms with E-state index in [9.17, 15) is 9.59 Å².